The fourth-order valence-corrected chi connectivity index (χ4v) is 4.98. The van der Waals surface area contributed by atoms with E-state index in [0.717, 1.165) is 38.4 Å². The van der Waals surface area contributed by atoms with Gasteiger partial charge in [0.2, 0.25) is 0 Å². The summed E-state index contributed by atoms with van der Waals surface area (Å²) in [6.45, 7) is 0.285. The molecule has 0 aliphatic rings. The van der Waals surface area contributed by atoms with Crippen molar-refractivity contribution >= 4 is 57.0 Å². The number of fused-ring (bicyclic) bond motifs is 2. The monoisotopic (exact) mass is 575 g/mol. The van der Waals surface area contributed by atoms with Crippen molar-refractivity contribution in [1.82, 2.24) is 10.4 Å². The van der Waals surface area contributed by atoms with Gasteiger partial charge < -0.3 is 4.74 Å². The van der Waals surface area contributed by atoms with Gasteiger partial charge in [0, 0.05) is 16.5 Å². The van der Waals surface area contributed by atoms with E-state index in [-0.39, 0.29) is 12.5 Å². The van der Waals surface area contributed by atoms with Crippen LogP contribution >= 0.6 is 23.2 Å². The number of aromatic nitrogens is 1. The van der Waals surface area contributed by atoms with Crippen LogP contribution in [0.5, 0.6) is 5.75 Å². The Morgan fingerprint density at radius 2 is 1.56 bits per heavy atom. The maximum absolute atomic E-state index is 13.4. The second-order valence-electron chi connectivity index (χ2n) is 9.37. The zero-order chi connectivity index (χ0) is 28.2. The predicted molar refractivity (Wildman–Crippen MR) is 167 cm³/mol. The zero-order valence-corrected chi connectivity index (χ0v) is 23.2. The van der Waals surface area contributed by atoms with E-state index in [1.807, 2.05) is 97.1 Å². The molecule has 5 aromatic carbocycles. The van der Waals surface area contributed by atoms with E-state index in [4.69, 9.17) is 32.9 Å². The lowest BCUT2D eigenvalue weighted by molar-refractivity contribution is 0.0956. The van der Waals surface area contributed by atoms with Gasteiger partial charge in [-0.15, -0.1) is 0 Å². The number of hydrogen-bond donors (Lipinski definition) is 1. The van der Waals surface area contributed by atoms with Crippen LogP contribution < -0.4 is 10.2 Å². The molecule has 41 heavy (non-hydrogen) atoms. The number of para-hydroxylation sites is 1. The molecule has 1 heterocycles. The molecular weight excluding hydrogens is 553 g/mol. The van der Waals surface area contributed by atoms with Crippen LogP contribution in [0, 0.1) is 0 Å². The Balaban J connectivity index is 1.30. The Kier molecular flexibility index (Phi) is 7.63. The van der Waals surface area contributed by atoms with Gasteiger partial charge >= 0.3 is 0 Å². The number of pyridine rings is 1. The number of benzene rings is 5. The Labute approximate surface area is 247 Å². The smallest absolute Gasteiger partial charge is 0.272 e. The topological polar surface area (TPSA) is 63.6 Å². The van der Waals surface area contributed by atoms with Crippen LogP contribution in [0.1, 0.15) is 21.5 Å². The minimum atomic E-state index is -0.337. The number of nitrogens with one attached hydrogen (secondary N) is 1. The molecule has 6 rings (SSSR count). The van der Waals surface area contributed by atoms with Gasteiger partial charge in [-0.25, -0.2) is 10.4 Å². The summed E-state index contributed by atoms with van der Waals surface area (Å²) in [6, 6.07) is 36.4. The van der Waals surface area contributed by atoms with Crippen molar-refractivity contribution in [3.63, 3.8) is 0 Å². The van der Waals surface area contributed by atoms with Crippen LogP contribution in [0.25, 0.3) is 32.9 Å². The first-order valence-electron chi connectivity index (χ1n) is 12.9. The Bertz CT molecular complexity index is 1920. The van der Waals surface area contributed by atoms with E-state index >= 15 is 0 Å². The number of halogens is 2. The predicted octanol–water partition coefficient (Wildman–Crippen LogP) is 8.70. The lowest BCUT2D eigenvalue weighted by atomic mass is 10.0. The molecule has 0 radical (unpaired) electrons. The summed E-state index contributed by atoms with van der Waals surface area (Å²) >= 11 is 12.2. The van der Waals surface area contributed by atoms with Gasteiger partial charge in [0.25, 0.3) is 5.91 Å². The molecular formula is C34H23Cl2N3O2. The molecule has 5 nitrogen and oxygen atoms in total. The van der Waals surface area contributed by atoms with Gasteiger partial charge in [-0.3, -0.25) is 4.79 Å². The molecule has 0 atom stereocenters. The van der Waals surface area contributed by atoms with Crippen molar-refractivity contribution in [1.29, 1.82) is 0 Å². The summed E-state index contributed by atoms with van der Waals surface area (Å²) in [5.41, 5.74) is 7.19. The molecule has 0 aliphatic carbocycles. The average molecular weight is 576 g/mol. The third-order valence-electron chi connectivity index (χ3n) is 6.70. The van der Waals surface area contributed by atoms with Gasteiger partial charge in [-0.05, 0) is 46.7 Å². The van der Waals surface area contributed by atoms with Gasteiger partial charge in [0.1, 0.15) is 12.4 Å². The number of rotatable bonds is 7. The molecule has 0 bridgehead atoms. The highest BCUT2D eigenvalue weighted by atomic mass is 35.5. The molecule has 0 fully saturated rings. The third-order valence-corrected chi connectivity index (χ3v) is 7.44. The number of ether oxygens (including phenoxy) is 1. The van der Waals surface area contributed by atoms with Gasteiger partial charge in [-0.1, -0.05) is 108 Å². The molecule has 1 N–H and O–H groups in total. The number of carbonyl (C=O) groups is 1. The minimum Gasteiger partial charge on any atom is -0.488 e. The molecule has 1 amide bonds. The van der Waals surface area contributed by atoms with E-state index in [0.29, 0.717) is 27.1 Å². The van der Waals surface area contributed by atoms with Crippen molar-refractivity contribution in [2.45, 2.75) is 6.61 Å². The number of amides is 1. The van der Waals surface area contributed by atoms with Gasteiger partial charge in [0.15, 0.2) is 0 Å². The number of carbonyl (C=O) groups excluding carboxylic acids is 1. The quantitative estimate of drug-likeness (QED) is 0.153. The number of hydrogen-bond acceptors (Lipinski definition) is 4. The second kappa shape index (κ2) is 11.8. The molecule has 0 spiro atoms. The summed E-state index contributed by atoms with van der Waals surface area (Å²) in [6.07, 6.45) is 1.62. The van der Waals surface area contributed by atoms with Crippen molar-refractivity contribution in [2.75, 3.05) is 0 Å². The van der Waals surface area contributed by atoms with Crippen molar-refractivity contribution in [2.24, 2.45) is 5.10 Å². The first-order chi connectivity index (χ1) is 20.1. The molecule has 6 aromatic rings. The molecule has 0 saturated heterocycles. The minimum absolute atomic E-state index is 0.285. The van der Waals surface area contributed by atoms with Crippen LogP contribution in [-0.4, -0.2) is 17.1 Å². The summed E-state index contributed by atoms with van der Waals surface area (Å²) in [7, 11) is 0. The summed E-state index contributed by atoms with van der Waals surface area (Å²) in [5, 5.41) is 8.02. The summed E-state index contributed by atoms with van der Waals surface area (Å²) < 4.78 is 6.18. The SMILES string of the molecule is O=C(N/N=C\c1c(OCc2ccc(Cl)c(Cl)c2)ccc2ccccc12)c1cc(-c2ccccc2)nc2ccccc12. The molecule has 0 aliphatic heterocycles. The molecule has 0 unspecified atom stereocenters. The first-order valence-corrected chi connectivity index (χ1v) is 13.7. The van der Waals surface area contributed by atoms with Crippen LogP contribution in [-0.2, 0) is 6.61 Å². The van der Waals surface area contributed by atoms with E-state index in [1.54, 1.807) is 24.4 Å². The van der Waals surface area contributed by atoms with Crippen LogP contribution in [0.2, 0.25) is 10.0 Å². The van der Waals surface area contributed by atoms with E-state index in [1.165, 1.54) is 0 Å². The van der Waals surface area contributed by atoms with Crippen LogP contribution in [0.3, 0.4) is 0 Å². The molecule has 1 aromatic heterocycles. The highest BCUT2D eigenvalue weighted by Gasteiger charge is 2.14. The van der Waals surface area contributed by atoms with E-state index in [9.17, 15) is 4.79 Å². The standard InChI is InChI=1S/C34H23Cl2N3O2/c35-29-16-14-22(18-30(29)36)21-41-33-17-15-23-8-4-5-11-25(23)28(33)20-37-39-34(40)27-19-32(24-9-2-1-3-10-24)38-31-13-7-6-12-26(27)31/h1-20H,21H2,(H,39,40)/b37-20-. The molecule has 200 valence electrons. The Morgan fingerprint density at radius 1 is 0.805 bits per heavy atom. The maximum atomic E-state index is 13.4. The molecule has 0 saturated carbocycles. The second-order valence-corrected chi connectivity index (χ2v) is 10.2. The highest BCUT2D eigenvalue weighted by Crippen LogP contribution is 2.29. The lowest BCUT2D eigenvalue weighted by Gasteiger charge is -2.12. The normalized spacial score (nSPS) is 11.3. The number of hydrazone groups is 1. The summed E-state index contributed by atoms with van der Waals surface area (Å²) in [4.78, 5) is 18.2. The van der Waals surface area contributed by atoms with Crippen molar-refractivity contribution in [3.8, 4) is 17.0 Å². The Hall–Kier alpha value is -4.71. The zero-order valence-electron chi connectivity index (χ0n) is 21.7. The highest BCUT2D eigenvalue weighted by molar-refractivity contribution is 6.42. The third kappa shape index (κ3) is 5.78. The fourth-order valence-electron chi connectivity index (χ4n) is 4.66. The van der Waals surface area contributed by atoms with Crippen LogP contribution in [0.15, 0.2) is 120 Å². The largest absolute Gasteiger partial charge is 0.488 e. The fraction of sp³-hybridized carbons (Fsp3) is 0.0294. The van der Waals surface area contributed by atoms with Crippen molar-refractivity contribution < 1.29 is 9.53 Å². The maximum Gasteiger partial charge on any atom is 0.272 e. The molecule has 7 heteroatoms. The van der Waals surface area contributed by atoms with Crippen molar-refractivity contribution in [3.05, 3.63) is 142 Å². The van der Waals surface area contributed by atoms with E-state index in [2.05, 4.69) is 10.5 Å². The van der Waals surface area contributed by atoms with Crippen LogP contribution in [0.4, 0.5) is 0 Å². The summed E-state index contributed by atoms with van der Waals surface area (Å²) in [5.74, 6) is 0.282. The first kappa shape index (κ1) is 26.5. The lowest BCUT2D eigenvalue weighted by Crippen LogP contribution is -2.18. The van der Waals surface area contributed by atoms with Gasteiger partial charge in [-0.2, -0.15) is 5.10 Å². The number of nitrogens with zero attached hydrogens (tertiary/aromatic N) is 2. The van der Waals surface area contributed by atoms with E-state index < -0.39 is 0 Å². The Morgan fingerprint density at radius 3 is 2.39 bits per heavy atom. The van der Waals surface area contributed by atoms with Gasteiger partial charge in [0.05, 0.1) is 33.0 Å². The average Bonchev–Trinajstić information content (AvgIpc) is 3.02.